The Bertz CT molecular complexity index is 872. The second-order valence-electron chi connectivity index (χ2n) is 7.79. The highest BCUT2D eigenvalue weighted by Crippen LogP contribution is 2.33. The third-order valence-corrected chi connectivity index (χ3v) is 5.76. The van der Waals surface area contributed by atoms with Crippen LogP contribution in [0.1, 0.15) is 54.2 Å². The van der Waals surface area contributed by atoms with Crippen molar-refractivity contribution in [2.24, 2.45) is 5.92 Å². The van der Waals surface area contributed by atoms with E-state index in [1.807, 2.05) is 11.0 Å². The molecule has 2 aliphatic heterocycles. The molecule has 2 aliphatic rings. The molecular weight excluding hydrogens is 358 g/mol. The zero-order chi connectivity index (χ0) is 19.7. The lowest BCUT2D eigenvalue weighted by atomic mass is 9.93. The van der Waals surface area contributed by atoms with Gasteiger partial charge in [-0.15, -0.1) is 0 Å². The first-order chi connectivity index (χ1) is 13.6. The average molecular weight is 385 g/mol. The van der Waals surface area contributed by atoms with Crippen molar-refractivity contribution in [1.29, 1.82) is 0 Å². The molecule has 2 amide bonds. The first kappa shape index (κ1) is 18.9. The SMILES string of the molecule is CN(C)C(=O)c1cnn2c([C@H]3CCCCN3C(=O)C3CCOCC3)ccnc12. The summed E-state index contributed by atoms with van der Waals surface area (Å²) >= 11 is 0. The Labute approximate surface area is 164 Å². The minimum absolute atomic E-state index is 0.0372. The minimum Gasteiger partial charge on any atom is -0.381 e. The van der Waals surface area contributed by atoms with Crippen LogP contribution in [0, 0.1) is 5.92 Å². The summed E-state index contributed by atoms with van der Waals surface area (Å²) in [5.41, 5.74) is 1.94. The lowest BCUT2D eigenvalue weighted by molar-refractivity contribution is -0.142. The summed E-state index contributed by atoms with van der Waals surface area (Å²) in [6, 6.07) is 1.88. The zero-order valence-corrected chi connectivity index (χ0v) is 16.5. The molecule has 2 aromatic rings. The van der Waals surface area contributed by atoms with Gasteiger partial charge in [-0.25, -0.2) is 9.50 Å². The predicted octanol–water partition coefficient (Wildman–Crippen LogP) is 1.91. The molecule has 2 saturated heterocycles. The van der Waals surface area contributed by atoms with Crippen LogP contribution in [0.2, 0.25) is 0 Å². The number of aromatic nitrogens is 3. The topological polar surface area (TPSA) is 80.0 Å². The summed E-state index contributed by atoms with van der Waals surface area (Å²) in [5, 5.41) is 4.45. The van der Waals surface area contributed by atoms with Crippen molar-refractivity contribution in [3.8, 4) is 0 Å². The van der Waals surface area contributed by atoms with Gasteiger partial charge in [-0.1, -0.05) is 0 Å². The third-order valence-electron chi connectivity index (χ3n) is 5.76. The number of hydrogen-bond donors (Lipinski definition) is 0. The molecule has 4 rings (SSSR count). The molecule has 0 spiro atoms. The molecule has 1 atom stereocenters. The van der Waals surface area contributed by atoms with E-state index in [2.05, 4.69) is 10.1 Å². The number of likely N-dealkylation sites (tertiary alicyclic amines) is 1. The van der Waals surface area contributed by atoms with Gasteiger partial charge < -0.3 is 14.5 Å². The number of nitrogens with zero attached hydrogens (tertiary/aromatic N) is 5. The fraction of sp³-hybridized carbons (Fsp3) is 0.600. The van der Waals surface area contributed by atoms with Gasteiger partial charge in [0, 0.05) is 46.0 Å². The zero-order valence-electron chi connectivity index (χ0n) is 16.5. The molecule has 0 saturated carbocycles. The van der Waals surface area contributed by atoms with E-state index in [9.17, 15) is 9.59 Å². The number of carbonyl (C=O) groups is 2. The van der Waals surface area contributed by atoms with Crippen LogP contribution in [0.25, 0.3) is 5.65 Å². The third kappa shape index (κ3) is 3.37. The molecule has 0 unspecified atom stereocenters. The number of ether oxygens (including phenoxy) is 1. The summed E-state index contributed by atoms with van der Waals surface area (Å²) in [6.07, 6.45) is 7.84. The number of piperidine rings is 1. The number of carbonyl (C=O) groups excluding carboxylic acids is 2. The van der Waals surface area contributed by atoms with Gasteiger partial charge >= 0.3 is 0 Å². The van der Waals surface area contributed by atoms with Crippen LogP contribution in [0.4, 0.5) is 0 Å². The van der Waals surface area contributed by atoms with E-state index >= 15 is 0 Å². The van der Waals surface area contributed by atoms with Crippen LogP contribution in [-0.4, -0.2) is 70.1 Å². The molecule has 28 heavy (non-hydrogen) atoms. The molecule has 0 aliphatic carbocycles. The monoisotopic (exact) mass is 385 g/mol. The minimum atomic E-state index is -0.126. The van der Waals surface area contributed by atoms with E-state index in [0.29, 0.717) is 24.4 Å². The van der Waals surface area contributed by atoms with Gasteiger partial charge in [0.2, 0.25) is 5.91 Å². The average Bonchev–Trinajstić information content (AvgIpc) is 3.17. The normalized spacial score (nSPS) is 21.1. The largest absolute Gasteiger partial charge is 0.381 e. The quantitative estimate of drug-likeness (QED) is 0.806. The molecule has 4 heterocycles. The second-order valence-corrected chi connectivity index (χ2v) is 7.79. The number of hydrogen-bond acceptors (Lipinski definition) is 5. The summed E-state index contributed by atoms with van der Waals surface area (Å²) in [4.78, 5) is 33.6. The highest BCUT2D eigenvalue weighted by molar-refractivity contribution is 5.99. The van der Waals surface area contributed by atoms with Crippen LogP contribution in [0.3, 0.4) is 0 Å². The van der Waals surface area contributed by atoms with E-state index in [1.165, 1.54) is 4.90 Å². The molecule has 0 bridgehead atoms. The molecule has 0 N–H and O–H groups in total. The molecule has 8 nitrogen and oxygen atoms in total. The van der Waals surface area contributed by atoms with Crippen molar-refractivity contribution in [3.63, 3.8) is 0 Å². The Kier molecular flexibility index (Phi) is 5.30. The number of rotatable bonds is 3. The smallest absolute Gasteiger partial charge is 0.258 e. The van der Waals surface area contributed by atoms with Crippen LogP contribution in [0.5, 0.6) is 0 Å². The van der Waals surface area contributed by atoms with Gasteiger partial charge in [-0.3, -0.25) is 9.59 Å². The van der Waals surface area contributed by atoms with Crippen LogP contribution < -0.4 is 0 Å². The van der Waals surface area contributed by atoms with E-state index in [0.717, 1.165) is 44.3 Å². The van der Waals surface area contributed by atoms with Crippen molar-refractivity contribution in [3.05, 3.63) is 29.7 Å². The maximum atomic E-state index is 13.2. The van der Waals surface area contributed by atoms with Crippen molar-refractivity contribution in [2.45, 2.75) is 38.1 Å². The Morgan fingerprint density at radius 2 is 1.96 bits per heavy atom. The van der Waals surface area contributed by atoms with E-state index in [-0.39, 0.29) is 23.8 Å². The summed E-state index contributed by atoms with van der Waals surface area (Å²) in [7, 11) is 3.43. The van der Waals surface area contributed by atoms with Crippen molar-refractivity contribution in [1.82, 2.24) is 24.4 Å². The summed E-state index contributed by atoms with van der Waals surface area (Å²) < 4.78 is 7.15. The van der Waals surface area contributed by atoms with E-state index in [4.69, 9.17) is 4.74 Å². The fourth-order valence-corrected chi connectivity index (χ4v) is 4.24. The van der Waals surface area contributed by atoms with Crippen LogP contribution in [0.15, 0.2) is 18.5 Å². The van der Waals surface area contributed by atoms with Crippen molar-refractivity contribution < 1.29 is 14.3 Å². The van der Waals surface area contributed by atoms with E-state index in [1.54, 1.807) is 31.0 Å². The molecule has 2 aromatic heterocycles. The lowest BCUT2D eigenvalue weighted by Crippen LogP contribution is -2.43. The molecule has 0 radical (unpaired) electrons. The van der Waals surface area contributed by atoms with E-state index < -0.39 is 0 Å². The Hall–Kier alpha value is -2.48. The predicted molar refractivity (Wildman–Crippen MR) is 103 cm³/mol. The number of amides is 2. The van der Waals surface area contributed by atoms with Gasteiger partial charge in [-0.2, -0.15) is 5.10 Å². The van der Waals surface area contributed by atoms with Crippen molar-refractivity contribution >= 4 is 17.5 Å². The highest BCUT2D eigenvalue weighted by Gasteiger charge is 2.34. The Morgan fingerprint density at radius 3 is 2.71 bits per heavy atom. The molecule has 8 heteroatoms. The lowest BCUT2D eigenvalue weighted by Gasteiger charge is -2.38. The van der Waals surface area contributed by atoms with Crippen molar-refractivity contribution in [2.75, 3.05) is 33.9 Å². The first-order valence-corrected chi connectivity index (χ1v) is 10.0. The molecule has 150 valence electrons. The van der Waals surface area contributed by atoms with Gasteiger partial charge in [0.05, 0.1) is 17.9 Å². The molecule has 0 aromatic carbocycles. The standard InChI is InChI=1S/C20H27N5O3/c1-23(2)20(27)15-13-22-25-17(6-9-21-18(15)25)16-5-3-4-10-24(16)19(26)14-7-11-28-12-8-14/h6,9,13-14,16H,3-5,7-8,10-12H2,1-2H3/t16-/m1/s1. The van der Waals surface area contributed by atoms with Crippen LogP contribution >= 0.6 is 0 Å². The van der Waals surface area contributed by atoms with Gasteiger partial charge in [0.15, 0.2) is 5.65 Å². The first-order valence-electron chi connectivity index (χ1n) is 10.0. The maximum Gasteiger partial charge on any atom is 0.258 e. The van der Waals surface area contributed by atoms with Gasteiger partial charge in [0.25, 0.3) is 5.91 Å². The number of fused-ring (bicyclic) bond motifs is 1. The molecule has 2 fully saturated rings. The Balaban J connectivity index is 1.68. The Morgan fingerprint density at radius 1 is 1.18 bits per heavy atom. The van der Waals surface area contributed by atoms with Gasteiger partial charge in [0.1, 0.15) is 5.56 Å². The second kappa shape index (κ2) is 7.87. The summed E-state index contributed by atoms with van der Waals surface area (Å²) in [6.45, 7) is 2.07. The highest BCUT2D eigenvalue weighted by atomic mass is 16.5. The maximum absolute atomic E-state index is 13.2. The van der Waals surface area contributed by atoms with Crippen LogP contribution in [-0.2, 0) is 9.53 Å². The summed E-state index contributed by atoms with van der Waals surface area (Å²) in [5.74, 6) is 0.128. The molecular formula is C20H27N5O3. The van der Waals surface area contributed by atoms with Gasteiger partial charge in [-0.05, 0) is 38.2 Å². The fourth-order valence-electron chi connectivity index (χ4n) is 4.24.